The lowest BCUT2D eigenvalue weighted by Crippen LogP contribution is -2.25. The Hall–Kier alpha value is 0.440. The quantitative estimate of drug-likeness (QED) is 0.665. The fourth-order valence-electron chi connectivity index (χ4n) is 3.89. The summed E-state index contributed by atoms with van der Waals surface area (Å²) in [5, 5.41) is 9.63. The van der Waals surface area contributed by atoms with Crippen LogP contribution in [0, 0.1) is 17.3 Å². The molecule has 0 aromatic heterocycles. The molecule has 1 N–H and O–H groups in total. The fraction of sp³-hybridized carbons (Fsp3) is 1.00. The summed E-state index contributed by atoms with van der Waals surface area (Å²) in [5.74, 6) is 1.63. The van der Waals surface area contributed by atoms with Crippen LogP contribution in [0.2, 0.25) is 0 Å². The summed E-state index contributed by atoms with van der Waals surface area (Å²) in [6, 6.07) is 0. The number of aliphatic hydroxyl groups is 1. The highest BCUT2D eigenvalue weighted by Gasteiger charge is 2.98. The van der Waals surface area contributed by atoms with Gasteiger partial charge in [0.1, 0.15) is 0 Å². The third-order valence-electron chi connectivity index (χ3n) is 4.34. The largest absolute Gasteiger partial charge is 0.393 e. The van der Waals surface area contributed by atoms with Crippen LogP contribution in [0.5, 0.6) is 0 Å². The molecule has 3 aliphatic carbocycles. The Labute approximate surface area is 75.3 Å². The van der Waals surface area contributed by atoms with Crippen molar-refractivity contribution in [3.8, 4) is 0 Å². The second kappa shape index (κ2) is 1.56. The van der Waals surface area contributed by atoms with Gasteiger partial charge in [0, 0.05) is 9.74 Å². The van der Waals surface area contributed by atoms with E-state index in [1.165, 1.54) is 19.3 Å². The first-order chi connectivity index (χ1) is 5.16. The molecule has 0 radical (unpaired) electrons. The molecule has 11 heavy (non-hydrogen) atoms. The van der Waals surface area contributed by atoms with Crippen LogP contribution in [0.4, 0.5) is 0 Å². The Balaban J connectivity index is 1.95. The highest BCUT2D eigenvalue weighted by molar-refractivity contribution is 9.10. The minimum Gasteiger partial charge on any atom is -0.393 e. The van der Waals surface area contributed by atoms with Gasteiger partial charge in [-0.05, 0) is 31.6 Å². The van der Waals surface area contributed by atoms with Gasteiger partial charge >= 0.3 is 0 Å². The first-order valence-electron chi connectivity index (χ1n) is 4.53. The fourth-order valence-corrected chi connectivity index (χ4v) is 5.76. The van der Waals surface area contributed by atoms with E-state index in [9.17, 15) is 5.11 Å². The maximum atomic E-state index is 9.63. The highest BCUT2D eigenvalue weighted by Crippen LogP contribution is 2.96. The number of hydrogen-bond donors (Lipinski definition) is 1. The van der Waals surface area contributed by atoms with Gasteiger partial charge in [-0.3, -0.25) is 0 Å². The summed E-state index contributed by atoms with van der Waals surface area (Å²) in [6.07, 6.45) is 3.98. The average molecular weight is 217 g/mol. The summed E-state index contributed by atoms with van der Waals surface area (Å²) in [5.41, 5.74) is 0.339. The third-order valence-corrected chi connectivity index (χ3v) is 6.13. The van der Waals surface area contributed by atoms with E-state index in [1.54, 1.807) is 0 Å². The molecule has 3 rings (SSSR count). The first kappa shape index (κ1) is 6.90. The second-order valence-corrected chi connectivity index (χ2v) is 5.73. The predicted octanol–water partition coefficient (Wildman–Crippen LogP) is 1.93. The van der Waals surface area contributed by atoms with Crippen molar-refractivity contribution in [2.75, 3.05) is 0 Å². The van der Waals surface area contributed by atoms with E-state index in [-0.39, 0.29) is 6.10 Å². The van der Waals surface area contributed by atoms with Crippen molar-refractivity contribution in [2.24, 2.45) is 17.3 Å². The Morgan fingerprint density at radius 1 is 1.45 bits per heavy atom. The number of hydrogen-bond acceptors (Lipinski definition) is 1. The van der Waals surface area contributed by atoms with Gasteiger partial charge in [0.25, 0.3) is 0 Å². The summed E-state index contributed by atoms with van der Waals surface area (Å²) >= 11 is 3.80. The van der Waals surface area contributed by atoms with Crippen LogP contribution in [-0.4, -0.2) is 15.5 Å². The van der Waals surface area contributed by atoms with Gasteiger partial charge in [0.15, 0.2) is 0 Å². The van der Waals surface area contributed by atoms with Crippen molar-refractivity contribution in [3.05, 3.63) is 0 Å². The zero-order chi connectivity index (χ0) is 7.85. The maximum Gasteiger partial charge on any atom is 0.0588 e. The molecule has 0 aliphatic heterocycles. The molecule has 0 bridgehead atoms. The summed E-state index contributed by atoms with van der Waals surface area (Å²) in [7, 11) is 0. The molecule has 1 nitrogen and oxygen atoms in total. The highest BCUT2D eigenvalue weighted by atomic mass is 79.9. The lowest BCUT2D eigenvalue weighted by molar-refractivity contribution is 0.0904. The predicted molar refractivity (Wildman–Crippen MR) is 46.6 cm³/mol. The van der Waals surface area contributed by atoms with E-state index in [4.69, 9.17) is 0 Å². The van der Waals surface area contributed by atoms with Crippen molar-refractivity contribution < 1.29 is 5.11 Å². The van der Waals surface area contributed by atoms with E-state index in [0.717, 1.165) is 11.8 Å². The van der Waals surface area contributed by atoms with Crippen molar-refractivity contribution in [3.63, 3.8) is 0 Å². The number of fused-ring (bicyclic) bond motifs is 2. The van der Waals surface area contributed by atoms with Gasteiger partial charge in [-0.2, -0.15) is 0 Å². The van der Waals surface area contributed by atoms with Crippen LogP contribution in [0.3, 0.4) is 0 Å². The molecular formula is C9H13BrO. The minimum absolute atomic E-state index is 0.0859. The first-order valence-corrected chi connectivity index (χ1v) is 5.33. The smallest absolute Gasteiger partial charge is 0.0588 e. The number of aliphatic hydroxyl groups excluding tert-OH is 1. The number of halogens is 1. The Bertz CT molecular complexity index is 212. The SMILES string of the molecule is CC(O)C12C3CCCC1C32Br. The van der Waals surface area contributed by atoms with Crippen LogP contribution in [0.25, 0.3) is 0 Å². The van der Waals surface area contributed by atoms with Gasteiger partial charge in [-0.25, -0.2) is 0 Å². The Morgan fingerprint density at radius 3 is 2.27 bits per heavy atom. The van der Waals surface area contributed by atoms with E-state index in [0.29, 0.717) is 9.74 Å². The molecule has 62 valence electrons. The van der Waals surface area contributed by atoms with Crippen LogP contribution in [-0.2, 0) is 0 Å². The Morgan fingerprint density at radius 2 is 2.00 bits per heavy atom. The van der Waals surface area contributed by atoms with E-state index < -0.39 is 0 Å². The molecule has 0 aromatic carbocycles. The molecule has 2 heteroatoms. The van der Waals surface area contributed by atoms with Crippen molar-refractivity contribution >= 4 is 15.9 Å². The summed E-state index contributed by atoms with van der Waals surface area (Å²) in [6.45, 7) is 1.96. The topological polar surface area (TPSA) is 20.2 Å². The monoisotopic (exact) mass is 216 g/mol. The molecule has 3 fully saturated rings. The van der Waals surface area contributed by atoms with Crippen LogP contribution >= 0.6 is 15.9 Å². The Kier molecular flexibility index (Phi) is 0.977. The standard InChI is InChI=1S/C9H13BrO/c1-5(11)8-6-3-2-4-7(8)9(6,8)10/h5-7,11H,2-4H2,1H3. The maximum absolute atomic E-state index is 9.63. The van der Waals surface area contributed by atoms with Crippen LogP contribution in [0.15, 0.2) is 0 Å². The van der Waals surface area contributed by atoms with Gasteiger partial charge in [0.05, 0.1) is 6.10 Å². The van der Waals surface area contributed by atoms with E-state index in [1.807, 2.05) is 6.92 Å². The minimum atomic E-state index is -0.0859. The molecule has 3 saturated carbocycles. The molecular weight excluding hydrogens is 204 g/mol. The molecule has 0 amide bonds. The van der Waals surface area contributed by atoms with E-state index in [2.05, 4.69) is 15.9 Å². The lowest BCUT2D eigenvalue weighted by Gasteiger charge is -2.27. The third kappa shape index (κ3) is 0.433. The van der Waals surface area contributed by atoms with Gasteiger partial charge < -0.3 is 5.11 Å². The summed E-state index contributed by atoms with van der Waals surface area (Å²) in [4.78, 5) is 0. The normalized spacial score (nSPS) is 66.8. The zero-order valence-corrected chi connectivity index (χ0v) is 8.26. The molecule has 0 spiro atoms. The molecule has 3 aliphatic rings. The van der Waals surface area contributed by atoms with Gasteiger partial charge in [-0.15, -0.1) is 0 Å². The molecule has 3 unspecified atom stereocenters. The molecule has 0 aromatic rings. The van der Waals surface area contributed by atoms with Crippen LogP contribution < -0.4 is 0 Å². The number of alkyl halides is 1. The lowest BCUT2D eigenvalue weighted by atomic mass is 9.80. The van der Waals surface area contributed by atoms with Gasteiger partial charge in [0.2, 0.25) is 0 Å². The summed E-state index contributed by atoms with van der Waals surface area (Å²) < 4.78 is 0.409. The van der Waals surface area contributed by atoms with E-state index >= 15 is 0 Å². The zero-order valence-electron chi connectivity index (χ0n) is 6.68. The number of rotatable bonds is 1. The average Bonchev–Trinajstić information content (AvgIpc) is 2.75. The molecule has 3 atom stereocenters. The molecule has 0 heterocycles. The second-order valence-electron chi connectivity index (χ2n) is 4.41. The molecule has 0 saturated heterocycles. The van der Waals surface area contributed by atoms with Crippen molar-refractivity contribution in [1.82, 2.24) is 0 Å². The van der Waals surface area contributed by atoms with Gasteiger partial charge in [-0.1, -0.05) is 22.4 Å². The van der Waals surface area contributed by atoms with Crippen LogP contribution in [0.1, 0.15) is 26.2 Å². The van der Waals surface area contributed by atoms with Crippen molar-refractivity contribution in [1.29, 1.82) is 0 Å². The van der Waals surface area contributed by atoms with Crippen molar-refractivity contribution in [2.45, 2.75) is 36.6 Å².